The predicted molar refractivity (Wildman–Crippen MR) is 403 cm³/mol. The molecule has 2 amide bonds. The van der Waals surface area contributed by atoms with Crippen LogP contribution in [0.5, 0.6) is 0 Å². The van der Waals surface area contributed by atoms with Gasteiger partial charge in [-0.25, -0.2) is 0 Å². The van der Waals surface area contributed by atoms with Crippen molar-refractivity contribution in [3.05, 3.63) is 90.8 Å². The first-order chi connectivity index (χ1) is 41.0. The molecule has 4 saturated carbocycles. The zero-order valence-corrected chi connectivity index (χ0v) is 84.8. The number of nitrogens with one attached hydrogen (secondary N) is 4. The number of benzene rings is 1. The van der Waals surface area contributed by atoms with Crippen molar-refractivity contribution in [2.24, 2.45) is 101 Å². The summed E-state index contributed by atoms with van der Waals surface area (Å²) in [6, 6.07) is 10.7. The van der Waals surface area contributed by atoms with Crippen LogP contribution < -0.4 is 21.3 Å². The van der Waals surface area contributed by atoms with Crippen molar-refractivity contribution in [3.8, 4) is 0 Å². The SMILES string of the molecule is S.S=S.[B]C1C(CCC)C(C[CH2-])C1CC(CCNC)CCNC(=O)CCC(CCC(C)=O)CCC1C(C)C([CH2-])C1CCC.[CH2-]C.[CH2-]CCC1[CH-]C(C)C1CC(CCNC)CCNC(=O)CCC(CCC(C)=O)CCC1C([CH2-])[CH-]C1Cc1ccccc1.[CH3-].[Mn+2].[Mn].[SnH2].[SnH3-].[W+2].[W].[Zn+2]. The van der Waals surface area contributed by atoms with Gasteiger partial charge in [-0.05, 0) is 147 Å². The van der Waals surface area contributed by atoms with Crippen LogP contribution in [0.3, 0.4) is 0 Å². The molecule has 94 heavy (non-hydrogen) atoms. The van der Waals surface area contributed by atoms with Crippen molar-refractivity contribution in [1.82, 2.24) is 21.3 Å². The predicted octanol–water partition coefficient (Wildman–Crippen LogP) is 14.4. The zero-order valence-electron chi connectivity index (χ0n) is 61.2. The molecule has 5 rings (SSSR count). The molecule has 0 aromatic heterocycles. The quantitative estimate of drug-likeness (QED) is 0.0377. The fraction of sp³-hybridized carbons (Fsp3) is 0.760. The zero-order chi connectivity index (χ0) is 63.3. The maximum atomic E-state index is 12.9. The van der Waals surface area contributed by atoms with Gasteiger partial charge in [-0.1, -0.05) is 151 Å². The van der Waals surface area contributed by atoms with Gasteiger partial charge in [0.2, 0.25) is 11.8 Å². The van der Waals surface area contributed by atoms with Gasteiger partial charge in [0.05, 0.1) is 7.85 Å². The Kier molecular flexibility index (Phi) is 81.3. The van der Waals surface area contributed by atoms with Crippen LogP contribution in [0.15, 0.2) is 30.3 Å². The summed E-state index contributed by atoms with van der Waals surface area (Å²) >= 11 is 7.33. The van der Waals surface area contributed by atoms with Crippen LogP contribution in [-0.2, 0) is 144 Å². The third-order valence-corrected chi connectivity index (χ3v) is 21.1. The van der Waals surface area contributed by atoms with E-state index >= 15 is 0 Å². The third-order valence-electron chi connectivity index (χ3n) is 21.1. The topological polar surface area (TPSA) is 116 Å². The first-order valence-corrected chi connectivity index (χ1v) is 35.7. The fourth-order valence-corrected chi connectivity index (χ4v) is 15.7. The minimum absolute atomic E-state index is 0. The van der Waals surface area contributed by atoms with E-state index in [2.05, 4.69) is 149 Å². The van der Waals surface area contributed by atoms with Crippen LogP contribution in [0.2, 0.25) is 5.82 Å². The van der Waals surface area contributed by atoms with Crippen molar-refractivity contribution in [3.63, 3.8) is 0 Å². The molecule has 18 unspecified atom stereocenters. The Labute approximate surface area is 696 Å². The van der Waals surface area contributed by atoms with E-state index in [4.69, 9.17) is 7.85 Å². The molecular formula is C75H136BMn2N4O4S3Sn2W2Zn-3. The second-order valence-electron chi connectivity index (χ2n) is 26.9. The number of hydrogen-bond acceptors (Lipinski definition) is 8. The van der Waals surface area contributed by atoms with Gasteiger partial charge in [0.15, 0.2) is 0 Å². The fourth-order valence-electron chi connectivity index (χ4n) is 15.7. The molecule has 4 aliphatic carbocycles. The number of ketones is 2. The largest absolute Gasteiger partial charge is 2.00 e. The molecule has 0 heterocycles. The van der Waals surface area contributed by atoms with Crippen LogP contribution in [0.1, 0.15) is 215 Å². The Morgan fingerprint density at radius 2 is 1.04 bits per heavy atom. The average molecular weight is 2050 g/mol. The molecule has 540 valence electrons. The summed E-state index contributed by atoms with van der Waals surface area (Å²) in [6.45, 7) is 38.2. The summed E-state index contributed by atoms with van der Waals surface area (Å²) in [5.41, 5.74) is 1.39. The monoisotopic (exact) mass is 2050 g/mol. The second-order valence-corrected chi connectivity index (χ2v) is 26.9. The van der Waals surface area contributed by atoms with Crippen molar-refractivity contribution in [1.29, 1.82) is 0 Å². The van der Waals surface area contributed by atoms with Gasteiger partial charge in [0.25, 0.3) is 0 Å². The van der Waals surface area contributed by atoms with Crippen LogP contribution in [-0.4, -0.2) is 119 Å². The average Bonchev–Trinajstić information content (AvgIpc) is 0.820. The number of rotatable bonds is 43. The first-order valence-electron chi connectivity index (χ1n) is 34.4. The van der Waals surface area contributed by atoms with Crippen LogP contribution in [0, 0.1) is 155 Å². The molecule has 4 aliphatic rings. The molecule has 19 heteroatoms. The van der Waals surface area contributed by atoms with Gasteiger partial charge >= 0.3 is 105 Å². The van der Waals surface area contributed by atoms with Crippen LogP contribution in [0.25, 0.3) is 0 Å². The summed E-state index contributed by atoms with van der Waals surface area (Å²) in [4.78, 5) is 49.2. The molecule has 18 atom stereocenters. The van der Waals surface area contributed by atoms with Crippen molar-refractivity contribution >= 4 is 115 Å². The normalized spacial score (nSPS) is 25.1. The van der Waals surface area contributed by atoms with E-state index in [1.807, 2.05) is 14.1 Å². The standard InChI is InChI=1S/C37H58N2O2.C35H63BN2O2.C2H5.CH3.2Mn.S2.H2S.2Sn.2W.Zn.5H/c1-6-10-33-23-28(3)36(33)26-32(19-21-38-5)20-22-39-37(41)18-16-30(14-13-29(4)40)15-17-35-27(2)24-34(35)25-31-11-8-7-9-12-31;1-8-11-30-25(5)26(6)31(30)17-15-27(14-13-24(4)39)16-18-34(40)38-22-20-28(19-21-37-7)23-33-29(10-3)32(12-9-2)35(33)36;1-2;;;;1-2;;;;;;;;;;;/h7-9,11-12,23-24,27-28,30,32-36,38H,1-2,6,10,13-22,25-26H2,3-5H3,(H,39,41);25-33,35,37H,3,5,8-23H2,1-2,4,6-7H3,(H,38,40);1H2,2H3;1H3;;;;1H2;;;;;;;;;;/q-4;-2;2*-1;;+2;;;;-1;;2*+2;;;;;. The van der Waals surface area contributed by atoms with Gasteiger partial charge in [0.1, 0.15) is 11.6 Å². The molecule has 4 fully saturated rings. The third kappa shape index (κ3) is 42.8. The van der Waals surface area contributed by atoms with Crippen LogP contribution in [0.4, 0.5) is 0 Å². The molecule has 1 aromatic carbocycles. The van der Waals surface area contributed by atoms with Gasteiger partial charge < -0.3 is 91.7 Å². The molecule has 0 spiro atoms. The summed E-state index contributed by atoms with van der Waals surface area (Å²) in [5, 5.41) is 13.1. The van der Waals surface area contributed by atoms with Crippen LogP contribution >= 0.6 is 13.5 Å². The van der Waals surface area contributed by atoms with Gasteiger partial charge in [-0.2, -0.15) is 56.9 Å². The Morgan fingerprint density at radius 1 is 0.606 bits per heavy atom. The maximum Gasteiger partial charge on any atom is 2.00 e. The smallest absolute Gasteiger partial charge is 0 e. The van der Waals surface area contributed by atoms with E-state index in [-0.39, 0.29) is 188 Å². The molecule has 4 N–H and O–H groups in total. The minimum Gasteiger partial charge on any atom is 0 e. The Morgan fingerprint density at radius 3 is 1.46 bits per heavy atom. The number of amides is 2. The molecule has 0 aliphatic heterocycles. The summed E-state index contributed by atoms with van der Waals surface area (Å²) in [6.07, 6.45) is 31.4. The molecule has 8 nitrogen and oxygen atoms in total. The minimum atomic E-state index is 0. The van der Waals surface area contributed by atoms with E-state index in [1.54, 1.807) is 20.8 Å². The Bertz CT molecular complexity index is 1970. The molecule has 0 saturated heterocycles. The summed E-state index contributed by atoms with van der Waals surface area (Å²) in [7, 11) is 10.7. The number of hydrogen-bond donors (Lipinski definition) is 4. The Hall–Kier alpha value is 2.91. The molecule has 0 bridgehead atoms. The van der Waals surface area contributed by atoms with Crippen molar-refractivity contribution in [2.45, 2.75) is 221 Å². The van der Waals surface area contributed by atoms with Gasteiger partial charge in [-0.3, -0.25) is 9.59 Å². The number of Topliss-reactive ketones (excluding diaryl/α,β-unsaturated/α-hetero) is 2. The van der Waals surface area contributed by atoms with E-state index in [0.29, 0.717) is 108 Å². The van der Waals surface area contributed by atoms with E-state index in [9.17, 15) is 19.2 Å². The maximum absolute atomic E-state index is 12.9. The van der Waals surface area contributed by atoms with Crippen molar-refractivity contribution in [2.75, 3.05) is 40.3 Å². The molecule has 6 radical (unpaired) electrons. The first kappa shape index (κ1) is 113. The van der Waals surface area contributed by atoms with E-state index in [1.165, 1.54) is 50.5 Å². The van der Waals surface area contributed by atoms with Gasteiger partial charge in [-0.15, -0.1) is 12.3 Å². The second kappa shape index (κ2) is 67.8. The van der Waals surface area contributed by atoms with Gasteiger partial charge in [0, 0.05) is 99.3 Å². The summed E-state index contributed by atoms with van der Waals surface area (Å²) < 4.78 is 0. The number of carbonyl (C=O) groups is 4. The van der Waals surface area contributed by atoms with Crippen molar-refractivity contribution < 1.29 is 115 Å². The Balaban J connectivity index is -0.000000228. The van der Waals surface area contributed by atoms with E-state index in [0.717, 1.165) is 146 Å². The molecule has 1 aromatic rings. The summed E-state index contributed by atoms with van der Waals surface area (Å²) in [5.74, 6) is 11.7. The van der Waals surface area contributed by atoms with E-state index < -0.39 is 0 Å². The molecular weight excluding hydrogens is 1910 g/mol. The number of carbonyl (C=O) groups excluding carboxylic acids is 4.